The van der Waals surface area contributed by atoms with Gasteiger partial charge in [-0.15, -0.1) is 0 Å². The van der Waals surface area contributed by atoms with Crippen molar-refractivity contribution in [2.45, 2.75) is 39.2 Å². The predicted octanol–water partition coefficient (Wildman–Crippen LogP) is 1.45. The topological polar surface area (TPSA) is 52.9 Å². The van der Waals surface area contributed by atoms with Gasteiger partial charge in [-0.25, -0.2) is 0 Å². The lowest BCUT2D eigenvalue weighted by atomic mass is 9.90. The molecule has 72 valence electrons. The molecule has 1 N–H and O–H groups in total. The maximum atomic E-state index is 11.4. The second-order valence-electron chi connectivity index (χ2n) is 4.23. The zero-order chi connectivity index (χ0) is 10.1. The second-order valence-corrected chi connectivity index (χ2v) is 4.23. The third-order valence-corrected chi connectivity index (χ3v) is 2.72. The lowest BCUT2D eigenvalue weighted by Crippen LogP contribution is -2.49. The fourth-order valence-electron chi connectivity index (χ4n) is 1.00. The zero-order valence-electron chi connectivity index (χ0n) is 8.42. The summed E-state index contributed by atoms with van der Waals surface area (Å²) in [4.78, 5) is 11.4. The van der Waals surface area contributed by atoms with E-state index >= 15 is 0 Å². The van der Waals surface area contributed by atoms with Crippen LogP contribution < -0.4 is 5.32 Å². The standard InChI is InChI=1S/C10H16N2O/c1-7(2)10(3,6-11)12-9(13)8-4-5-8/h7-8H,4-5H2,1-3H3,(H,12,13). The third kappa shape index (κ3) is 2.21. The highest BCUT2D eigenvalue weighted by atomic mass is 16.2. The number of amides is 1. The van der Waals surface area contributed by atoms with E-state index in [9.17, 15) is 4.79 Å². The molecule has 1 unspecified atom stereocenters. The van der Waals surface area contributed by atoms with Gasteiger partial charge in [-0.05, 0) is 25.7 Å². The fourth-order valence-corrected chi connectivity index (χ4v) is 1.00. The summed E-state index contributed by atoms with van der Waals surface area (Å²) in [5.74, 6) is 0.351. The van der Waals surface area contributed by atoms with Crippen molar-refractivity contribution in [3.05, 3.63) is 0 Å². The molecule has 1 saturated carbocycles. The van der Waals surface area contributed by atoms with Gasteiger partial charge < -0.3 is 5.32 Å². The SMILES string of the molecule is CC(C)C(C)(C#N)NC(=O)C1CC1. The normalized spacial score (nSPS) is 20.5. The molecule has 3 nitrogen and oxygen atoms in total. The van der Waals surface area contributed by atoms with Crippen LogP contribution in [0.15, 0.2) is 0 Å². The Morgan fingerprint density at radius 2 is 2.15 bits per heavy atom. The summed E-state index contributed by atoms with van der Waals surface area (Å²) >= 11 is 0. The molecule has 13 heavy (non-hydrogen) atoms. The van der Waals surface area contributed by atoms with E-state index in [2.05, 4.69) is 11.4 Å². The van der Waals surface area contributed by atoms with Crippen LogP contribution >= 0.6 is 0 Å². The first-order chi connectivity index (χ1) is 5.99. The quantitative estimate of drug-likeness (QED) is 0.714. The second kappa shape index (κ2) is 3.37. The number of hydrogen-bond acceptors (Lipinski definition) is 2. The molecule has 1 aliphatic carbocycles. The number of nitriles is 1. The first-order valence-electron chi connectivity index (χ1n) is 4.73. The molecule has 0 radical (unpaired) electrons. The van der Waals surface area contributed by atoms with Gasteiger partial charge in [0.15, 0.2) is 0 Å². The summed E-state index contributed by atoms with van der Waals surface area (Å²) < 4.78 is 0. The monoisotopic (exact) mass is 180 g/mol. The van der Waals surface area contributed by atoms with Crippen LogP contribution in [0.2, 0.25) is 0 Å². The third-order valence-electron chi connectivity index (χ3n) is 2.72. The van der Waals surface area contributed by atoms with E-state index in [4.69, 9.17) is 5.26 Å². The molecule has 0 aromatic carbocycles. The van der Waals surface area contributed by atoms with Gasteiger partial charge in [-0.3, -0.25) is 4.79 Å². The highest BCUT2D eigenvalue weighted by Crippen LogP contribution is 2.30. The maximum absolute atomic E-state index is 11.4. The lowest BCUT2D eigenvalue weighted by Gasteiger charge is -2.27. The van der Waals surface area contributed by atoms with Crippen LogP contribution in [0.25, 0.3) is 0 Å². The van der Waals surface area contributed by atoms with Crippen LogP contribution in [0.1, 0.15) is 33.6 Å². The van der Waals surface area contributed by atoms with Crippen molar-refractivity contribution in [3.8, 4) is 6.07 Å². The van der Waals surface area contributed by atoms with Crippen molar-refractivity contribution in [2.24, 2.45) is 11.8 Å². The molecule has 0 saturated heterocycles. The Hall–Kier alpha value is -1.04. The average molecular weight is 180 g/mol. The van der Waals surface area contributed by atoms with Crippen LogP contribution in [0.4, 0.5) is 0 Å². The van der Waals surface area contributed by atoms with Crippen molar-refractivity contribution in [1.29, 1.82) is 5.26 Å². The van der Waals surface area contributed by atoms with E-state index in [1.165, 1.54) is 0 Å². The molecule has 0 bridgehead atoms. The van der Waals surface area contributed by atoms with Gasteiger partial charge in [0.05, 0.1) is 6.07 Å². The van der Waals surface area contributed by atoms with Crippen molar-refractivity contribution in [1.82, 2.24) is 5.32 Å². The maximum Gasteiger partial charge on any atom is 0.224 e. The molecule has 1 amide bonds. The van der Waals surface area contributed by atoms with Gasteiger partial charge in [0.25, 0.3) is 0 Å². The zero-order valence-corrected chi connectivity index (χ0v) is 8.42. The van der Waals surface area contributed by atoms with Gasteiger partial charge in [0.1, 0.15) is 5.54 Å². The molecule has 0 aliphatic heterocycles. The Morgan fingerprint density at radius 3 is 2.46 bits per heavy atom. The Bertz CT molecular complexity index is 250. The van der Waals surface area contributed by atoms with Crippen molar-refractivity contribution in [2.75, 3.05) is 0 Å². The Morgan fingerprint density at radius 1 is 1.62 bits per heavy atom. The summed E-state index contributed by atoms with van der Waals surface area (Å²) in [6, 6.07) is 2.16. The van der Waals surface area contributed by atoms with E-state index in [0.29, 0.717) is 0 Å². The average Bonchev–Trinajstić information content (AvgIpc) is 2.85. The Labute approximate surface area is 79.1 Å². The Balaban J connectivity index is 2.57. The summed E-state index contributed by atoms with van der Waals surface area (Å²) in [7, 11) is 0. The van der Waals surface area contributed by atoms with E-state index in [1.807, 2.05) is 13.8 Å². The molecule has 1 aliphatic rings. The van der Waals surface area contributed by atoms with Crippen LogP contribution in [-0.4, -0.2) is 11.4 Å². The van der Waals surface area contributed by atoms with Gasteiger partial charge in [0.2, 0.25) is 5.91 Å². The van der Waals surface area contributed by atoms with Crippen LogP contribution in [0, 0.1) is 23.2 Å². The van der Waals surface area contributed by atoms with Gasteiger partial charge in [0, 0.05) is 5.92 Å². The molecule has 0 aromatic heterocycles. The molecule has 1 atom stereocenters. The van der Waals surface area contributed by atoms with Crippen LogP contribution in [0.5, 0.6) is 0 Å². The minimum absolute atomic E-state index is 0.0396. The molecule has 0 heterocycles. The van der Waals surface area contributed by atoms with Gasteiger partial charge >= 0.3 is 0 Å². The van der Waals surface area contributed by atoms with Gasteiger partial charge in [-0.2, -0.15) is 5.26 Å². The molecule has 0 aromatic rings. The predicted molar refractivity (Wildman–Crippen MR) is 49.7 cm³/mol. The van der Waals surface area contributed by atoms with E-state index in [0.717, 1.165) is 12.8 Å². The summed E-state index contributed by atoms with van der Waals surface area (Å²) in [6.07, 6.45) is 1.96. The number of carbonyl (C=O) groups excluding carboxylic acids is 1. The summed E-state index contributed by atoms with van der Waals surface area (Å²) in [6.45, 7) is 5.66. The molecule has 0 spiro atoms. The molecule has 3 heteroatoms. The molecular formula is C10H16N2O. The highest BCUT2D eigenvalue weighted by molar-refractivity contribution is 5.82. The number of carbonyl (C=O) groups is 1. The number of nitrogens with one attached hydrogen (secondary N) is 1. The molecule has 1 fully saturated rings. The van der Waals surface area contributed by atoms with Gasteiger partial charge in [-0.1, -0.05) is 13.8 Å². The fraction of sp³-hybridized carbons (Fsp3) is 0.800. The number of rotatable bonds is 3. The molecular weight excluding hydrogens is 164 g/mol. The van der Waals surface area contributed by atoms with E-state index < -0.39 is 5.54 Å². The number of nitrogens with zero attached hydrogens (tertiary/aromatic N) is 1. The summed E-state index contributed by atoms with van der Waals surface area (Å²) in [5, 5.41) is 11.7. The minimum atomic E-state index is -0.709. The molecule has 1 rings (SSSR count). The highest BCUT2D eigenvalue weighted by Gasteiger charge is 2.36. The lowest BCUT2D eigenvalue weighted by molar-refractivity contribution is -0.123. The van der Waals surface area contributed by atoms with Crippen LogP contribution in [0.3, 0.4) is 0 Å². The first kappa shape index (κ1) is 10.0. The summed E-state index contributed by atoms with van der Waals surface area (Å²) in [5.41, 5.74) is -0.709. The van der Waals surface area contributed by atoms with Crippen molar-refractivity contribution >= 4 is 5.91 Å². The van der Waals surface area contributed by atoms with Crippen LogP contribution in [-0.2, 0) is 4.79 Å². The van der Waals surface area contributed by atoms with E-state index in [-0.39, 0.29) is 17.7 Å². The number of hydrogen-bond donors (Lipinski definition) is 1. The Kier molecular flexibility index (Phi) is 2.60. The smallest absolute Gasteiger partial charge is 0.224 e. The minimum Gasteiger partial charge on any atom is -0.338 e. The first-order valence-corrected chi connectivity index (χ1v) is 4.73. The largest absolute Gasteiger partial charge is 0.338 e. The van der Waals surface area contributed by atoms with E-state index in [1.54, 1.807) is 6.92 Å². The van der Waals surface area contributed by atoms with Crippen molar-refractivity contribution < 1.29 is 4.79 Å². The van der Waals surface area contributed by atoms with Crippen molar-refractivity contribution in [3.63, 3.8) is 0 Å².